The molecule has 0 radical (unpaired) electrons. The summed E-state index contributed by atoms with van der Waals surface area (Å²) in [7, 11) is 0. The predicted molar refractivity (Wildman–Crippen MR) is 87.0 cm³/mol. The van der Waals surface area contributed by atoms with Crippen LogP contribution in [0.5, 0.6) is 0 Å². The van der Waals surface area contributed by atoms with E-state index in [-0.39, 0.29) is 22.9 Å². The van der Waals surface area contributed by atoms with Crippen LogP contribution in [0.15, 0.2) is 59.8 Å². The Bertz CT molecular complexity index is 641. The van der Waals surface area contributed by atoms with Gasteiger partial charge >= 0.3 is 0 Å². The highest BCUT2D eigenvalue weighted by atomic mass is 79.9. The van der Waals surface area contributed by atoms with Crippen LogP contribution in [0, 0.1) is 10.7 Å². The summed E-state index contributed by atoms with van der Waals surface area (Å²) in [6.45, 7) is 0.925. The molecular formula is C17H18BrN3OS. The van der Waals surface area contributed by atoms with Gasteiger partial charge in [-0.3, -0.25) is 4.79 Å². The van der Waals surface area contributed by atoms with Crippen molar-refractivity contribution in [3.63, 3.8) is 0 Å². The van der Waals surface area contributed by atoms with Gasteiger partial charge in [0.1, 0.15) is 11.9 Å². The molecule has 23 heavy (non-hydrogen) atoms. The van der Waals surface area contributed by atoms with Crippen molar-refractivity contribution < 1.29 is 26.3 Å². The van der Waals surface area contributed by atoms with Gasteiger partial charge in [-0.15, -0.1) is 0 Å². The predicted octanol–water partition coefficient (Wildman–Crippen LogP) is 0.360. The Morgan fingerprint density at radius 3 is 2.48 bits per heavy atom. The number of hydrogen-bond acceptors (Lipinski definition) is 3. The first-order valence-corrected chi connectivity index (χ1v) is 7.99. The molecule has 0 spiro atoms. The number of halogens is 1. The summed E-state index contributed by atoms with van der Waals surface area (Å²) in [5.74, 6) is 0.0266. The molecule has 0 atom stereocenters. The zero-order valence-corrected chi connectivity index (χ0v) is 15.0. The first-order chi connectivity index (χ1) is 10.8. The van der Waals surface area contributed by atoms with E-state index < -0.39 is 0 Å². The number of nitriles is 1. The molecule has 0 saturated heterocycles. The molecule has 0 aliphatic carbocycles. The van der Waals surface area contributed by atoms with Crippen molar-refractivity contribution in [3.8, 4) is 5.40 Å². The minimum atomic E-state index is 0. The number of carbonyl (C=O) groups excluding carboxylic acids is 1. The molecule has 4 nitrogen and oxygen atoms in total. The number of anilines is 1. The summed E-state index contributed by atoms with van der Waals surface area (Å²) < 4.78 is 2.11. The van der Waals surface area contributed by atoms with Gasteiger partial charge in [0, 0.05) is 35.6 Å². The Hall–Kier alpha value is -1.84. The number of nitrogens with zero attached hydrogens (tertiary/aromatic N) is 2. The van der Waals surface area contributed by atoms with Crippen LogP contribution in [0.2, 0.25) is 0 Å². The lowest BCUT2D eigenvalue weighted by Crippen LogP contribution is -3.00. The normalized spacial score (nSPS) is 9.52. The fourth-order valence-corrected chi connectivity index (χ4v) is 2.42. The van der Waals surface area contributed by atoms with Crippen LogP contribution < -0.4 is 26.9 Å². The van der Waals surface area contributed by atoms with Crippen LogP contribution in [-0.4, -0.2) is 5.91 Å². The maximum atomic E-state index is 11.9. The van der Waals surface area contributed by atoms with E-state index in [4.69, 9.17) is 5.26 Å². The zero-order chi connectivity index (χ0) is 15.6. The molecule has 120 valence electrons. The SMILES string of the molecule is N#CSc1ccc(NC(=O)CCCC[n+]2ccccc2)cc1.[Br-]. The number of nitrogens with one attached hydrogen (secondary N) is 1. The number of amides is 1. The molecule has 0 fully saturated rings. The molecule has 0 aliphatic heterocycles. The van der Waals surface area contributed by atoms with Crippen molar-refractivity contribution in [2.75, 3.05) is 5.32 Å². The standard InChI is InChI=1S/C17H17N3OS.BrH/c18-14-22-16-9-7-15(8-10-16)19-17(21)6-2-5-13-20-11-3-1-4-12-20;/h1,3-4,7-12H,2,5-6,13H2;1H. The van der Waals surface area contributed by atoms with E-state index in [9.17, 15) is 4.79 Å². The molecule has 0 aliphatic rings. The average molecular weight is 392 g/mol. The molecule has 0 saturated carbocycles. The summed E-state index contributed by atoms with van der Waals surface area (Å²) in [5.41, 5.74) is 0.768. The van der Waals surface area contributed by atoms with E-state index in [1.807, 2.05) is 60.3 Å². The second kappa shape index (κ2) is 10.8. The van der Waals surface area contributed by atoms with Crippen LogP contribution in [-0.2, 0) is 11.3 Å². The second-order valence-corrected chi connectivity index (χ2v) is 5.69. The van der Waals surface area contributed by atoms with Gasteiger partial charge in [0.05, 0.1) is 0 Å². The van der Waals surface area contributed by atoms with Crippen LogP contribution in [0.25, 0.3) is 0 Å². The Morgan fingerprint density at radius 2 is 1.83 bits per heavy atom. The minimum absolute atomic E-state index is 0. The van der Waals surface area contributed by atoms with Crippen molar-refractivity contribution in [2.24, 2.45) is 0 Å². The van der Waals surface area contributed by atoms with Gasteiger partial charge in [0.2, 0.25) is 5.91 Å². The molecule has 2 aromatic rings. The molecule has 0 bridgehead atoms. The summed E-state index contributed by atoms with van der Waals surface area (Å²) in [6, 6.07) is 13.3. The highest BCUT2D eigenvalue weighted by Crippen LogP contribution is 2.19. The van der Waals surface area contributed by atoms with Crippen LogP contribution >= 0.6 is 11.8 Å². The zero-order valence-electron chi connectivity index (χ0n) is 12.6. The maximum Gasteiger partial charge on any atom is 0.224 e. The smallest absolute Gasteiger partial charge is 0.224 e. The molecule has 1 amide bonds. The number of aromatic nitrogens is 1. The van der Waals surface area contributed by atoms with Gasteiger partial charge < -0.3 is 22.3 Å². The minimum Gasteiger partial charge on any atom is -1.00 e. The summed E-state index contributed by atoms with van der Waals surface area (Å²) in [6.07, 6.45) is 6.40. The fourth-order valence-electron chi connectivity index (χ4n) is 2.05. The molecule has 1 aromatic carbocycles. The van der Waals surface area contributed by atoms with Gasteiger partial charge in [-0.05, 0) is 42.4 Å². The number of hydrogen-bond donors (Lipinski definition) is 1. The summed E-state index contributed by atoms with van der Waals surface area (Å²) in [5, 5.41) is 13.5. The number of thioether (sulfide) groups is 1. The average Bonchev–Trinajstić information content (AvgIpc) is 2.55. The molecule has 0 unspecified atom stereocenters. The third kappa shape index (κ3) is 7.31. The van der Waals surface area contributed by atoms with Crippen molar-refractivity contribution in [2.45, 2.75) is 30.7 Å². The highest BCUT2D eigenvalue weighted by molar-refractivity contribution is 8.03. The Morgan fingerprint density at radius 1 is 1.13 bits per heavy atom. The topological polar surface area (TPSA) is 56.8 Å². The van der Waals surface area contributed by atoms with Crippen molar-refractivity contribution in [3.05, 3.63) is 54.9 Å². The molecule has 1 heterocycles. The molecule has 6 heteroatoms. The second-order valence-electron chi connectivity index (χ2n) is 4.84. The van der Waals surface area contributed by atoms with Crippen LogP contribution in [0.3, 0.4) is 0 Å². The number of pyridine rings is 1. The van der Waals surface area contributed by atoms with Gasteiger partial charge in [0.25, 0.3) is 0 Å². The Balaban J connectivity index is 0.00000264. The van der Waals surface area contributed by atoms with Crippen molar-refractivity contribution >= 4 is 23.4 Å². The lowest BCUT2D eigenvalue weighted by Gasteiger charge is -2.05. The molecular weight excluding hydrogens is 374 g/mol. The lowest BCUT2D eigenvalue weighted by atomic mass is 10.2. The fraction of sp³-hybridized carbons (Fsp3) is 0.235. The number of unbranched alkanes of at least 4 members (excludes halogenated alkanes) is 1. The van der Waals surface area contributed by atoms with Gasteiger partial charge in [-0.25, -0.2) is 4.57 Å². The lowest BCUT2D eigenvalue weighted by molar-refractivity contribution is -0.697. The largest absolute Gasteiger partial charge is 1.00 e. The van der Waals surface area contributed by atoms with Crippen molar-refractivity contribution in [1.29, 1.82) is 5.26 Å². The van der Waals surface area contributed by atoms with E-state index in [1.165, 1.54) is 0 Å². The van der Waals surface area contributed by atoms with Crippen LogP contribution in [0.4, 0.5) is 5.69 Å². The summed E-state index contributed by atoms with van der Waals surface area (Å²) >= 11 is 1.11. The molecule has 1 aromatic heterocycles. The highest BCUT2D eigenvalue weighted by Gasteiger charge is 2.04. The maximum absolute atomic E-state index is 11.9. The van der Waals surface area contributed by atoms with Gasteiger partial charge in [-0.2, -0.15) is 5.26 Å². The number of rotatable bonds is 7. The first-order valence-electron chi connectivity index (χ1n) is 7.18. The third-order valence-corrected chi connectivity index (χ3v) is 3.75. The molecule has 1 N–H and O–H groups in total. The quantitative estimate of drug-likeness (QED) is 0.321. The van der Waals surface area contributed by atoms with E-state index in [0.717, 1.165) is 41.7 Å². The van der Waals surface area contributed by atoms with Crippen LogP contribution in [0.1, 0.15) is 19.3 Å². The Labute approximate surface area is 151 Å². The van der Waals surface area contributed by atoms with Gasteiger partial charge in [-0.1, -0.05) is 6.07 Å². The van der Waals surface area contributed by atoms with E-state index >= 15 is 0 Å². The van der Waals surface area contributed by atoms with Gasteiger partial charge in [0.15, 0.2) is 12.4 Å². The monoisotopic (exact) mass is 391 g/mol. The number of aryl methyl sites for hydroxylation is 1. The number of thiocyanates is 1. The first kappa shape index (κ1) is 19.2. The van der Waals surface area contributed by atoms with E-state index in [2.05, 4.69) is 9.88 Å². The Kier molecular flexibility index (Phi) is 9.03. The van der Waals surface area contributed by atoms with E-state index in [0.29, 0.717) is 6.42 Å². The number of carbonyl (C=O) groups is 1. The van der Waals surface area contributed by atoms with Crippen molar-refractivity contribution in [1.82, 2.24) is 0 Å². The molecule has 2 rings (SSSR count). The third-order valence-electron chi connectivity index (χ3n) is 3.15. The van der Waals surface area contributed by atoms with E-state index in [1.54, 1.807) is 0 Å². The summed E-state index contributed by atoms with van der Waals surface area (Å²) in [4.78, 5) is 12.7. The number of benzene rings is 1.